The van der Waals surface area contributed by atoms with Crippen molar-refractivity contribution in [3.8, 4) is 17.0 Å². The number of carboxylic acid groups (broad SMARTS) is 1. The summed E-state index contributed by atoms with van der Waals surface area (Å²) in [4.78, 5) is 11.0. The molecule has 0 aliphatic carbocycles. The van der Waals surface area contributed by atoms with Crippen molar-refractivity contribution in [1.29, 1.82) is 0 Å². The number of benzene rings is 1. The Bertz CT molecular complexity index is 590. The molecule has 0 bridgehead atoms. The molecule has 0 fully saturated rings. The summed E-state index contributed by atoms with van der Waals surface area (Å²) in [5.74, 6) is -0.317. The Morgan fingerprint density at radius 1 is 1.42 bits per heavy atom. The molecule has 0 radical (unpaired) electrons. The average molecular weight is 260 g/mol. The standard InChI is InChI=1S/C14H16N2O3/c1-3-8-16-12(9-11(15-16)14(17)18)10-6-4-5-7-13(10)19-2/h4-7,9H,3,8H2,1-2H3,(H,17,18). The molecule has 0 spiro atoms. The Morgan fingerprint density at radius 2 is 2.16 bits per heavy atom. The number of aryl methyl sites for hydroxylation is 1. The van der Waals surface area contributed by atoms with Gasteiger partial charge >= 0.3 is 5.97 Å². The van der Waals surface area contributed by atoms with Gasteiger partial charge in [-0.15, -0.1) is 0 Å². The lowest BCUT2D eigenvalue weighted by atomic mass is 10.1. The smallest absolute Gasteiger partial charge is 0.356 e. The SMILES string of the molecule is CCCn1nc(C(=O)O)cc1-c1ccccc1OC. The van der Waals surface area contributed by atoms with Crippen LogP contribution >= 0.6 is 0 Å². The summed E-state index contributed by atoms with van der Waals surface area (Å²) in [6.45, 7) is 2.69. The first kappa shape index (κ1) is 13.1. The molecular weight excluding hydrogens is 244 g/mol. The van der Waals surface area contributed by atoms with Crippen LogP contribution in [0.3, 0.4) is 0 Å². The molecule has 1 aromatic heterocycles. The first-order valence-corrected chi connectivity index (χ1v) is 6.12. The van der Waals surface area contributed by atoms with Crippen molar-refractivity contribution < 1.29 is 14.6 Å². The van der Waals surface area contributed by atoms with E-state index in [9.17, 15) is 4.79 Å². The summed E-state index contributed by atoms with van der Waals surface area (Å²) in [7, 11) is 1.59. The third kappa shape index (κ3) is 2.59. The van der Waals surface area contributed by atoms with E-state index in [1.54, 1.807) is 17.9 Å². The predicted molar refractivity (Wildman–Crippen MR) is 71.5 cm³/mol. The average Bonchev–Trinajstić information content (AvgIpc) is 2.83. The monoisotopic (exact) mass is 260 g/mol. The summed E-state index contributed by atoms with van der Waals surface area (Å²) >= 11 is 0. The number of ether oxygens (including phenoxy) is 1. The van der Waals surface area contributed by atoms with Gasteiger partial charge in [-0.25, -0.2) is 4.79 Å². The fourth-order valence-corrected chi connectivity index (χ4v) is 1.98. The van der Waals surface area contributed by atoms with Crippen LogP contribution < -0.4 is 4.74 Å². The van der Waals surface area contributed by atoms with Crippen LogP contribution in [0.5, 0.6) is 5.75 Å². The number of carboxylic acids is 1. The van der Waals surface area contributed by atoms with Gasteiger partial charge in [0, 0.05) is 12.1 Å². The van der Waals surface area contributed by atoms with E-state index in [0.29, 0.717) is 12.3 Å². The maximum Gasteiger partial charge on any atom is 0.356 e. The second-order valence-corrected chi connectivity index (χ2v) is 4.14. The van der Waals surface area contributed by atoms with Crippen LogP contribution in [0.4, 0.5) is 0 Å². The molecule has 2 rings (SSSR count). The highest BCUT2D eigenvalue weighted by molar-refractivity contribution is 5.87. The quantitative estimate of drug-likeness (QED) is 0.897. The van der Waals surface area contributed by atoms with Crippen molar-refractivity contribution in [2.75, 3.05) is 7.11 Å². The molecule has 5 heteroatoms. The minimum absolute atomic E-state index is 0.0503. The van der Waals surface area contributed by atoms with Crippen LogP contribution in [0.25, 0.3) is 11.3 Å². The van der Waals surface area contributed by atoms with Crippen molar-refractivity contribution in [3.63, 3.8) is 0 Å². The van der Waals surface area contributed by atoms with Crippen LogP contribution in [-0.4, -0.2) is 28.0 Å². The molecule has 1 heterocycles. The lowest BCUT2D eigenvalue weighted by Gasteiger charge is -2.10. The Kier molecular flexibility index (Phi) is 3.85. The van der Waals surface area contributed by atoms with E-state index in [1.165, 1.54) is 0 Å². The topological polar surface area (TPSA) is 64.4 Å². The number of hydrogen-bond acceptors (Lipinski definition) is 3. The van der Waals surface area contributed by atoms with Gasteiger partial charge in [-0.1, -0.05) is 19.1 Å². The largest absolute Gasteiger partial charge is 0.496 e. The Labute approximate surface area is 111 Å². The van der Waals surface area contributed by atoms with Gasteiger partial charge in [-0.2, -0.15) is 5.10 Å². The fourth-order valence-electron chi connectivity index (χ4n) is 1.98. The number of rotatable bonds is 5. The lowest BCUT2D eigenvalue weighted by Crippen LogP contribution is -2.04. The number of carbonyl (C=O) groups is 1. The molecule has 0 saturated heterocycles. The second kappa shape index (κ2) is 5.56. The van der Waals surface area contributed by atoms with Gasteiger partial charge in [0.15, 0.2) is 5.69 Å². The number of hydrogen-bond donors (Lipinski definition) is 1. The molecule has 0 aliphatic heterocycles. The normalized spacial score (nSPS) is 10.4. The third-order valence-corrected chi connectivity index (χ3v) is 2.82. The molecule has 1 N–H and O–H groups in total. The second-order valence-electron chi connectivity index (χ2n) is 4.14. The maximum atomic E-state index is 11.0. The van der Waals surface area contributed by atoms with Gasteiger partial charge in [-0.05, 0) is 24.6 Å². The van der Waals surface area contributed by atoms with Crippen LogP contribution in [0, 0.1) is 0 Å². The van der Waals surface area contributed by atoms with E-state index in [0.717, 1.165) is 17.7 Å². The van der Waals surface area contributed by atoms with Gasteiger partial charge in [0.05, 0.1) is 12.8 Å². The molecule has 100 valence electrons. The maximum absolute atomic E-state index is 11.0. The molecule has 0 unspecified atom stereocenters. The van der Waals surface area contributed by atoms with E-state index >= 15 is 0 Å². The number of methoxy groups -OCH3 is 1. The molecule has 2 aromatic rings. The highest BCUT2D eigenvalue weighted by atomic mass is 16.5. The predicted octanol–water partition coefficient (Wildman–Crippen LogP) is 2.67. The zero-order valence-electron chi connectivity index (χ0n) is 11.0. The van der Waals surface area contributed by atoms with Crippen molar-refractivity contribution in [1.82, 2.24) is 9.78 Å². The zero-order chi connectivity index (χ0) is 13.8. The number of aromatic nitrogens is 2. The van der Waals surface area contributed by atoms with Gasteiger partial charge < -0.3 is 9.84 Å². The van der Waals surface area contributed by atoms with E-state index in [2.05, 4.69) is 5.10 Å². The van der Waals surface area contributed by atoms with Crippen LogP contribution in [0.2, 0.25) is 0 Å². The molecule has 5 nitrogen and oxygen atoms in total. The Balaban J connectivity index is 2.56. The molecule has 1 aromatic carbocycles. The van der Waals surface area contributed by atoms with Crippen LogP contribution in [0.1, 0.15) is 23.8 Å². The molecule has 0 atom stereocenters. The third-order valence-electron chi connectivity index (χ3n) is 2.82. The summed E-state index contributed by atoms with van der Waals surface area (Å²) < 4.78 is 7.02. The number of para-hydroxylation sites is 1. The lowest BCUT2D eigenvalue weighted by molar-refractivity contribution is 0.0689. The van der Waals surface area contributed by atoms with Crippen LogP contribution in [-0.2, 0) is 6.54 Å². The van der Waals surface area contributed by atoms with Gasteiger partial charge in [0.1, 0.15) is 5.75 Å². The molecule has 19 heavy (non-hydrogen) atoms. The van der Waals surface area contributed by atoms with Crippen molar-refractivity contribution in [2.45, 2.75) is 19.9 Å². The first-order chi connectivity index (χ1) is 9.17. The number of nitrogens with zero attached hydrogens (tertiary/aromatic N) is 2. The van der Waals surface area contributed by atoms with E-state index in [1.807, 2.05) is 31.2 Å². The molecule has 0 amide bonds. The van der Waals surface area contributed by atoms with Crippen molar-refractivity contribution in [3.05, 3.63) is 36.0 Å². The summed E-state index contributed by atoms with van der Waals surface area (Å²) in [6, 6.07) is 9.09. The summed E-state index contributed by atoms with van der Waals surface area (Å²) in [6.07, 6.45) is 0.878. The van der Waals surface area contributed by atoms with E-state index in [-0.39, 0.29) is 5.69 Å². The Hall–Kier alpha value is -2.30. The highest BCUT2D eigenvalue weighted by Gasteiger charge is 2.16. The summed E-state index contributed by atoms with van der Waals surface area (Å²) in [5, 5.41) is 13.2. The molecule has 0 saturated carbocycles. The van der Waals surface area contributed by atoms with Crippen LogP contribution in [0.15, 0.2) is 30.3 Å². The van der Waals surface area contributed by atoms with E-state index in [4.69, 9.17) is 9.84 Å². The molecular formula is C14H16N2O3. The highest BCUT2D eigenvalue weighted by Crippen LogP contribution is 2.30. The Morgan fingerprint density at radius 3 is 2.79 bits per heavy atom. The summed E-state index contributed by atoms with van der Waals surface area (Å²) in [5.41, 5.74) is 1.66. The van der Waals surface area contributed by atoms with Gasteiger partial charge in [-0.3, -0.25) is 4.68 Å². The minimum Gasteiger partial charge on any atom is -0.496 e. The zero-order valence-corrected chi connectivity index (χ0v) is 11.0. The van der Waals surface area contributed by atoms with E-state index < -0.39 is 5.97 Å². The van der Waals surface area contributed by atoms with Gasteiger partial charge in [0.2, 0.25) is 0 Å². The minimum atomic E-state index is -1.02. The molecule has 0 aliphatic rings. The van der Waals surface area contributed by atoms with Crippen molar-refractivity contribution >= 4 is 5.97 Å². The van der Waals surface area contributed by atoms with Gasteiger partial charge in [0.25, 0.3) is 0 Å². The fraction of sp³-hybridized carbons (Fsp3) is 0.286. The van der Waals surface area contributed by atoms with Crippen molar-refractivity contribution in [2.24, 2.45) is 0 Å². The number of aromatic carboxylic acids is 1. The first-order valence-electron chi connectivity index (χ1n) is 6.12.